The van der Waals surface area contributed by atoms with Gasteiger partial charge in [-0.15, -0.1) is 0 Å². The van der Waals surface area contributed by atoms with Gasteiger partial charge >= 0.3 is 5.97 Å². The molecule has 20 N–H and O–H groups in total. The number of carboxylic acid groups (broad SMARTS) is 1. The third-order valence-corrected chi connectivity index (χ3v) is 12.9. The first-order valence-electron chi connectivity index (χ1n) is 27.2. The Morgan fingerprint density at radius 1 is 0.416 bits per heavy atom. The number of guanidine groups is 3. The van der Waals surface area contributed by atoms with E-state index in [1.54, 1.807) is 21.1 Å². The van der Waals surface area contributed by atoms with Gasteiger partial charge in [-0.2, -0.15) is 0 Å². The molecule has 0 aromatic rings. The van der Waals surface area contributed by atoms with Gasteiger partial charge in [0.1, 0.15) is 0 Å². The van der Waals surface area contributed by atoms with Gasteiger partial charge in [0.2, 0.25) is 23.6 Å². The molecule has 440 valence electrons. The van der Waals surface area contributed by atoms with E-state index >= 15 is 0 Å². The maximum Gasteiger partial charge on any atom is 0.306 e. The molecule has 0 bridgehead atoms. The summed E-state index contributed by atoms with van der Waals surface area (Å²) in [6, 6.07) is -0.998. The van der Waals surface area contributed by atoms with E-state index in [1.165, 1.54) is 0 Å². The van der Waals surface area contributed by atoms with Crippen LogP contribution in [-0.2, 0) is 43.2 Å². The number of nitrogens with two attached hydrogens (primary N) is 6. The Kier molecular flexibility index (Phi) is 40.2. The lowest BCUT2D eigenvalue weighted by molar-refractivity contribution is -0.144. The van der Waals surface area contributed by atoms with Crippen LogP contribution in [0.2, 0.25) is 0 Å². The second kappa shape index (κ2) is 43.8. The molecule has 0 fully saturated rings. The van der Waals surface area contributed by atoms with Gasteiger partial charge in [-0.25, -0.2) is 0 Å². The summed E-state index contributed by atoms with van der Waals surface area (Å²) in [6.07, 6.45) is 6.22. The summed E-state index contributed by atoms with van der Waals surface area (Å²) in [6.45, 7) is 3.30. The van der Waals surface area contributed by atoms with Crippen molar-refractivity contribution in [2.24, 2.45) is 79.0 Å². The number of ketones is 4. The van der Waals surface area contributed by atoms with Gasteiger partial charge in [0.05, 0.1) is 31.6 Å². The summed E-state index contributed by atoms with van der Waals surface area (Å²) < 4.78 is 0. The number of hydrogen-bond acceptors (Lipinski definition) is 15. The minimum Gasteiger partial charge on any atom is -0.481 e. The molecule has 26 nitrogen and oxygen atoms in total. The van der Waals surface area contributed by atoms with Gasteiger partial charge in [-0.1, -0.05) is 26.2 Å². The van der Waals surface area contributed by atoms with Crippen molar-refractivity contribution in [3.8, 4) is 0 Å². The Hall–Kier alpha value is -6.28. The number of carbonyl (C=O) groups is 9. The van der Waals surface area contributed by atoms with Crippen LogP contribution in [0.15, 0.2) is 15.0 Å². The third kappa shape index (κ3) is 36.4. The number of Topliss-reactive ketones (excluding diaryl/α,β-unsaturated/α-hetero) is 4. The fourth-order valence-corrected chi connectivity index (χ4v) is 8.50. The highest BCUT2D eigenvalue weighted by Gasteiger charge is 2.31. The maximum absolute atomic E-state index is 14.0. The number of hydrogen-bond donors (Lipinski definition) is 14. The maximum atomic E-state index is 14.0. The molecule has 6 atom stereocenters. The van der Waals surface area contributed by atoms with Crippen LogP contribution >= 0.6 is 0 Å². The molecule has 0 aliphatic heterocycles. The number of aliphatic imine (C=N–C) groups is 3. The Labute approximate surface area is 455 Å². The van der Waals surface area contributed by atoms with Gasteiger partial charge in [0.25, 0.3) is 0 Å². The summed E-state index contributed by atoms with van der Waals surface area (Å²) in [4.78, 5) is 132. The minimum atomic E-state index is -1.08. The topological polar surface area (TPSA) is 451 Å². The second-order valence-corrected chi connectivity index (χ2v) is 19.5. The van der Waals surface area contributed by atoms with E-state index in [4.69, 9.17) is 34.4 Å². The van der Waals surface area contributed by atoms with E-state index in [0.29, 0.717) is 96.7 Å². The van der Waals surface area contributed by atoms with Crippen LogP contribution in [-0.4, -0.2) is 162 Å². The van der Waals surface area contributed by atoms with Gasteiger partial charge in [-0.3, -0.25) is 58.1 Å². The first-order valence-corrected chi connectivity index (χ1v) is 27.2. The highest BCUT2D eigenvalue weighted by molar-refractivity contribution is 5.96. The number of carboxylic acids is 1. The van der Waals surface area contributed by atoms with Crippen molar-refractivity contribution in [3.63, 3.8) is 0 Å². The van der Waals surface area contributed by atoms with E-state index in [9.17, 15) is 48.3 Å². The van der Waals surface area contributed by atoms with Crippen LogP contribution in [0, 0.1) is 29.6 Å². The van der Waals surface area contributed by atoms with Gasteiger partial charge in [-0.05, 0) is 124 Å². The molecule has 0 aromatic carbocycles. The summed E-state index contributed by atoms with van der Waals surface area (Å²) in [7, 11) is 5.37. The first-order chi connectivity index (χ1) is 36.7. The Bertz CT molecular complexity index is 1890. The zero-order valence-electron chi connectivity index (χ0n) is 46.4. The number of carbonyl (C=O) groups excluding carboxylic acids is 8. The molecule has 0 saturated carbocycles. The van der Waals surface area contributed by atoms with E-state index < -0.39 is 95.5 Å². The largest absolute Gasteiger partial charge is 0.481 e. The lowest BCUT2D eigenvalue weighted by Crippen LogP contribution is -2.45. The molecular weight excluding hydrogens is 997 g/mol. The Balaban J connectivity index is 6.09. The van der Waals surface area contributed by atoms with Gasteiger partial charge in [0, 0.05) is 69.0 Å². The molecule has 0 aliphatic carbocycles. The Morgan fingerprint density at radius 2 is 0.740 bits per heavy atom. The Morgan fingerprint density at radius 3 is 1.09 bits per heavy atom. The van der Waals surface area contributed by atoms with E-state index in [1.807, 2.05) is 6.92 Å². The zero-order chi connectivity index (χ0) is 58.0. The molecule has 0 aliphatic rings. The average molecular weight is 1090 g/mol. The van der Waals surface area contributed by atoms with Crippen molar-refractivity contribution in [2.45, 2.75) is 141 Å². The number of nitrogens with one attached hydrogen (secondary N) is 7. The average Bonchev–Trinajstić information content (AvgIpc) is 3.38. The summed E-state index contributed by atoms with van der Waals surface area (Å²) in [5, 5.41) is 29.5. The van der Waals surface area contributed by atoms with Crippen molar-refractivity contribution in [1.29, 1.82) is 0 Å². The quantitative estimate of drug-likeness (QED) is 0.0188. The molecule has 0 radical (unpaired) electrons. The summed E-state index contributed by atoms with van der Waals surface area (Å²) in [5.74, 6) is -9.24. The minimum absolute atomic E-state index is 0.0615. The van der Waals surface area contributed by atoms with Crippen molar-refractivity contribution >= 4 is 70.6 Å². The third-order valence-electron chi connectivity index (χ3n) is 12.9. The molecule has 4 amide bonds. The number of nitrogens with zero attached hydrogens (tertiary/aromatic N) is 3. The molecule has 0 rings (SSSR count). The van der Waals surface area contributed by atoms with Crippen molar-refractivity contribution in [1.82, 2.24) is 37.2 Å². The normalized spacial score (nSPS) is 13.3. The van der Waals surface area contributed by atoms with Crippen LogP contribution in [0.3, 0.4) is 0 Å². The lowest BCUT2D eigenvalue weighted by atomic mass is 9.91. The van der Waals surface area contributed by atoms with E-state index in [2.05, 4.69) is 52.2 Å². The van der Waals surface area contributed by atoms with Crippen molar-refractivity contribution in [3.05, 3.63) is 0 Å². The monoisotopic (exact) mass is 1090 g/mol. The first kappa shape index (κ1) is 70.7. The molecule has 0 heterocycles. The number of aliphatic carboxylic acids is 1. The summed E-state index contributed by atoms with van der Waals surface area (Å²) in [5.41, 5.74) is 32.9. The molecule has 77 heavy (non-hydrogen) atoms. The molecular formula is C51H96N16O10. The smallest absolute Gasteiger partial charge is 0.306 e. The predicted octanol–water partition coefficient (Wildman–Crippen LogP) is -1.44. The fourth-order valence-electron chi connectivity index (χ4n) is 8.50. The fraction of sp³-hybridized carbons (Fsp3) is 0.765. The molecule has 0 saturated heterocycles. The molecule has 26 heteroatoms. The van der Waals surface area contributed by atoms with Crippen LogP contribution in [0.4, 0.5) is 0 Å². The van der Waals surface area contributed by atoms with Crippen LogP contribution in [0.5, 0.6) is 0 Å². The predicted molar refractivity (Wildman–Crippen MR) is 298 cm³/mol. The van der Waals surface area contributed by atoms with E-state index in [-0.39, 0.29) is 88.4 Å². The van der Waals surface area contributed by atoms with Gasteiger partial charge in [0.15, 0.2) is 41.0 Å². The molecule has 0 spiro atoms. The highest BCUT2D eigenvalue weighted by Crippen LogP contribution is 2.20. The second-order valence-electron chi connectivity index (χ2n) is 19.5. The standard InChI is InChI=1S/C51H96N16O10/c1-5-34(18-12-24-61-49(52)53)47(75)67-42(20-14-26-63-51(56)57)43(71)30-37(19-13-25-62-50(54)55)46(74)66-32-40(69)28-35(15-6-9-21-58-2)44(72)64-31-39(68)27-36(16-7-10-22-59-3)45(73)65-33-41(70)29-38(48(76)77)17-8-11-23-60-4/h34-38,42,58-60H,5-33H2,1-4H3,(H,64,72)(H,65,73)(H,66,74)(H,67,75)(H,76,77)(H4,52,53,61)(H4,54,55,62)(H4,56,57,63). The molecule has 6 unspecified atom stereocenters. The van der Waals surface area contributed by atoms with E-state index in [0.717, 1.165) is 13.0 Å². The number of amides is 4. The highest BCUT2D eigenvalue weighted by atomic mass is 16.4. The van der Waals surface area contributed by atoms with Gasteiger partial charge < -0.3 is 76.7 Å². The summed E-state index contributed by atoms with van der Waals surface area (Å²) >= 11 is 0. The number of rotatable bonds is 49. The lowest BCUT2D eigenvalue weighted by Gasteiger charge is -2.23. The zero-order valence-corrected chi connectivity index (χ0v) is 46.4. The van der Waals surface area contributed by atoms with Crippen LogP contribution in [0.1, 0.15) is 135 Å². The van der Waals surface area contributed by atoms with Crippen LogP contribution < -0.4 is 71.6 Å². The number of unbranched alkanes of at least 4 members (excludes halogenated alkanes) is 3. The van der Waals surface area contributed by atoms with Crippen molar-refractivity contribution < 1.29 is 48.3 Å². The molecule has 0 aromatic heterocycles. The van der Waals surface area contributed by atoms with Crippen molar-refractivity contribution in [2.75, 3.05) is 80.0 Å². The van der Waals surface area contributed by atoms with Crippen LogP contribution in [0.25, 0.3) is 0 Å². The SMILES string of the molecule is CCC(CCCN=C(N)N)C(=O)NC(CCCN=C(N)N)C(=O)CC(CCCN=C(N)N)C(=O)NCC(=O)CC(CCCCNC)C(=O)NCC(=O)CC(CCCCNC)C(=O)NCC(=O)CC(CCCCNC)C(=O)O.